The highest BCUT2D eigenvalue weighted by Crippen LogP contribution is 2.23. The van der Waals surface area contributed by atoms with E-state index in [0.717, 1.165) is 44.6 Å². The van der Waals surface area contributed by atoms with Crippen molar-refractivity contribution in [1.82, 2.24) is 19.8 Å². The van der Waals surface area contributed by atoms with Crippen LogP contribution in [0.25, 0.3) is 10.8 Å². The first kappa shape index (κ1) is 21.4. The molecule has 1 amide bonds. The molecule has 4 aromatic rings. The van der Waals surface area contributed by atoms with E-state index in [1.807, 2.05) is 17.1 Å². The SMILES string of the molecule is O=C(NCc1cccc(Cn2ccnc2)c1)C1CCN(Cc2cccc3ccccc23)CC1. The summed E-state index contributed by atoms with van der Waals surface area (Å²) in [7, 11) is 0. The largest absolute Gasteiger partial charge is 0.352 e. The van der Waals surface area contributed by atoms with Crippen LogP contribution in [-0.2, 0) is 24.4 Å². The zero-order valence-electron chi connectivity index (χ0n) is 18.9. The second-order valence-corrected chi connectivity index (χ2v) is 8.96. The van der Waals surface area contributed by atoms with Gasteiger partial charge in [-0.1, -0.05) is 66.7 Å². The predicted octanol–water partition coefficient (Wildman–Crippen LogP) is 4.61. The van der Waals surface area contributed by atoms with Gasteiger partial charge in [0.15, 0.2) is 0 Å². The fourth-order valence-electron chi connectivity index (χ4n) is 4.79. The van der Waals surface area contributed by atoms with Crippen LogP contribution in [-0.4, -0.2) is 33.4 Å². The van der Waals surface area contributed by atoms with E-state index in [-0.39, 0.29) is 11.8 Å². The third kappa shape index (κ3) is 5.32. The lowest BCUT2D eigenvalue weighted by atomic mass is 9.95. The van der Waals surface area contributed by atoms with Crippen LogP contribution in [0.4, 0.5) is 0 Å². The maximum atomic E-state index is 12.8. The number of benzene rings is 3. The maximum Gasteiger partial charge on any atom is 0.223 e. The molecular formula is C28H30N4O. The second kappa shape index (κ2) is 10.0. The number of hydrogen-bond acceptors (Lipinski definition) is 3. The number of piperidine rings is 1. The van der Waals surface area contributed by atoms with Gasteiger partial charge in [0.25, 0.3) is 0 Å². The second-order valence-electron chi connectivity index (χ2n) is 8.96. The summed E-state index contributed by atoms with van der Waals surface area (Å²) in [5.41, 5.74) is 3.71. The molecule has 0 bridgehead atoms. The summed E-state index contributed by atoms with van der Waals surface area (Å²) in [4.78, 5) is 19.4. The van der Waals surface area contributed by atoms with Crippen LogP contribution in [0.2, 0.25) is 0 Å². The highest BCUT2D eigenvalue weighted by atomic mass is 16.1. The van der Waals surface area contributed by atoms with E-state index >= 15 is 0 Å². The number of hydrogen-bond donors (Lipinski definition) is 1. The van der Waals surface area contributed by atoms with Crippen LogP contribution in [0.1, 0.15) is 29.5 Å². The van der Waals surface area contributed by atoms with Gasteiger partial charge in [0, 0.05) is 37.9 Å². The number of likely N-dealkylation sites (tertiary alicyclic amines) is 1. The number of rotatable bonds is 7. The standard InChI is InChI=1S/C28H30N4O/c33-28(30-18-22-5-3-6-23(17-22)19-32-16-13-29-21-32)25-11-14-31(15-12-25)20-26-9-4-8-24-7-1-2-10-27(24)26/h1-10,13,16-17,21,25H,11-12,14-15,18-20H2,(H,30,33). The third-order valence-electron chi connectivity index (χ3n) is 6.61. The molecule has 0 unspecified atom stereocenters. The summed E-state index contributed by atoms with van der Waals surface area (Å²) in [6, 6.07) is 23.5. The van der Waals surface area contributed by atoms with Crippen molar-refractivity contribution in [2.45, 2.75) is 32.5 Å². The third-order valence-corrected chi connectivity index (χ3v) is 6.61. The Morgan fingerprint density at radius 3 is 2.58 bits per heavy atom. The summed E-state index contributed by atoms with van der Waals surface area (Å²) < 4.78 is 2.05. The lowest BCUT2D eigenvalue weighted by Crippen LogP contribution is -2.40. The zero-order valence-corrected chi connectivity index (χ0v) is 18.9. The number of fused-ring (bicyclic) bond motifs is 1. The molecule has 0 spiro atoms. The van der Waals surface area contributed by atoms with E-state index in [0.29, 0.717) is 6.54 Å². The van der Waals surface area contributed by atoms with Crippen molar-refractivity contribution >= 4 is 16.7 Å². The Bertz CT molecular complexity index is 1200. The molecule has 1 fully saturated rings. The normalized spacial score (nSPS) is 15.0. The molecule has 1 aliphatic heterocycles. The Kier molecular flexibility index (Phi) is 6.49. The molecule has 3 aromatic carbocycles. The van der Waals surface area contributed by atoms with Gasteiger partial charge in [-0.2, -0.15) is 0 Å². The minimum Gasteiger partial charge on any atom is -0.352 e. The van der Waals surface area contributed by atoms with Gasteiger partial charge in [-0.05, 0) is 53.4 Å². The molecule has 33 heavy (non-hydrogen) atoms. The molecule has 2 heterocycles. The van der Waals surface area contributed by atoms with Crippen molar-refractivity contribution in [2.24, 2.45) is 5.92 Å². The Labute approximate surface area is 195 Å². The molecule has 0 aliphatic carbocycles. The Morgan fingerprint density at radius 2 is 1.73 bits per heavy atom. The number of carbonyl (C=O) groups excluding carboxylic acids is 1. The van der Waals surface area contributed by atoms with Gasteiger partial charge in [-0.25, -0.2) is 4.98 Å². The van der Waals surface area contributed by atoms with Gasteiger partial charge in [-0.15, -0.1) is 0 Å². The monoisotopic (exact) mass is 438 g/mol. The van der Waals surface area contributed by atoms with Gasteiger partial charge >= 0.3 is 0 Å². The lowest BCUT2D eigenvalue weighted by Gasteiger charge is -2.31. The summed E-state index contributed by atoms with van der Waals surface area (Å²) in [5.74, 6) is 0.280. The Balaban J connectivity index is 1.11. The van der Waals surface area contributed by atoms with E-state index in [1.54, 1.807) is 6.20 Å². The number of carbonyl (C=O) groups is 1. The molecule has 0 saturated carbocycles. The average molecular weight is 439 g/mol. The molecule has 0 radical (unpaired) electrons. The molecule has 5 rings (SSSR count). The van der Waals surface area contributed by atoms with E-state index in [2.05, 4.69) is 81.9 Å². The van der Waals surface area contributed by atoms with Gasteiger partial charge in [0.05, 0.1) is 6.33 Å². The van der Waals surface area contributed by atoms with Gasteiger partial charge < -0.3 is 9.88 Å². The highest BCUT2D eigenvalue weighted by Gasteiger charge is 2.25. The summed E-state index contributed by atoms with van der Waals surface area (Å²) in [6.45, 7) is 4.23. The molecule has 5 heteroatoms. The first-order valence-corrected chi connectivity index (χ1v) is 11.7. The van der Waals surface area contributed by atoms with Crippen molar-refractivity contribution in [3.63, 3.8) is 0 Å². The molecule has 1 saturated heterocycles. The average Bonchev–Trinajstić information content (AvgIpc) is 3.36. The number of imidazole rings is 1. The number of nitrogens with zero attached hydrogens (tertiary/aromatic N) is 3. The topological polar surface area (TPSA) is 50.2 Å². The van der Waals surface area contributed by atoms with Crippen LogP contribution in [0.15, 0.2) is 85.5 Å². The van der Waals surface area contributed by atoms with E-state index in [9.17, 15) is 4.79 Å². The molecular weight excluding hydrogens is 408 g/mol. The van der Waals surface area contributed by atoms with E-state index < -0.39 is 0 Å². The zero-order chi connectivity index (χ0) is 22.5. The van der Waals surface area contributed by atoms with Crippen molar-refractivity contribution in [1.29, 1.82) is 0 Å². The van der Waals surface area contributed by atoms with Crippen molar-refractivity contribution in [3.05, 3.63) is 102 Å². The Morgan fingerprint density at radius 1 is 0.939 bits per heavy atom. The van der Waals surface area contributed by atoms with Gasteiger partial charge in [-0.3, -0.25) is 9.69 Å². The molecule has 168 valence electrons. The quantitative estimate of drug-likeness (QED) is 0.458. The van der Waals surface area contributed by atoms with Crippen LogP contribution in [0.5, 0.6) is 0 Å². The van der Waals surface area contributed by atoms with Crippen molar-refractivity contribution in [2.75, 3.05) is 13.1 Å². The molecule has 1 N–H and O–H groups in total. The molecule has 1 aromatic heterocycles. The number of aromatic nitrogens is 2. The first-order valence-electron chi connectivity index (χ1n) is 11.7. The van der Waals surface area contributed by atoms with Gasteiger partial charge in [0.2, 0.25) is 5.91 Å². The first-order chi connectivity index (χ1) is 16.2. The van der Waals surface area contributed by atoms with Crippen LogP contribution >= 0.6 is 0 Å². The smallest absolute Gasteiger partial charge is 0.223 e. The van der Waals surface area contributed by atoms with E-state index in [1.165, 1.54) is 21.9 Å². The van der Waals surface area contributed by atoms with Crippen LogP contribution in [0.3, 0.4) is 0 Å². The minimum absolute atomic E-state index is 0.0999. The number of nitrogens with one attached hydrogen (secondary N) is 1. The van der Waals surface area contributed by atoms with E-state index in [4.69, 9.17) is 0 Å². The minimum atomic E-state index is 0.0999. The summed E-state index contributed by atoms with van der Waals surface area (Å²) in [5, 5.41) is 5.79. The van der Waals surface area contributed by atoms with Gasteiger partial charge in [0.1, 0.15) is 0 Å². The fraction of sp³-hybridized carbons (Fsp3) is 0.286. The maximum absolute atomic E-state index is 12.8. The predicted molar refractivity (Wildman–Crippen MR) is 132 cm³/mol. The Hall–Kier alpha value is -3.44. The molecule has 0 atom stereocenters. The van der Waals surface area contributed by atoms with Crippen LogP contribution in [0, 0.1) is 5.92 Å². The number of amides is 1. The van der Waals surface area contributed by atoms with Crippen LogP contribution < -0.4 is 5.32 Å². The molecule has 5 nitrogen and oxygen atoms in total. The lowest BCUT2D eigenvalue weighted by molar-refractivity contribution is -0.126. The highest BCUT2D eigenvalue weighted by molar-refractivity contribution is 5.85. The molecule has 1 aliphatic rings. The summed E-state index contributed by atoms with van der Waals surface area (Å²) in [6.07, 6.45) is 7.40. The fourth-order valence-corrected chi connectivity index (χ4v) is 4.79. The van der Waals surface area contributed by atoms with Crippen molar-refractivity contribution < 1.29 is 4.79 Å². The van der Waals surface area contributed by atoms with Crippen molar-refractivity contribution in [3.8, 4) is 0 Å². The summed E-state index contributed by atoms with van der Waals surface area (Å²) >= 11 is 0.